The first-order valence-electron chi connectivity index (χ1n) is 9.55. The van der Waals surface area contributed by atoms with Gasteiger partial charge in [-0.25, -0.2) is 4.68 Å². The molecule has 7 nitrogen and oxygen atoms in total. The van der Waals surface area contributed by atoms with Crippen molar-refractivity contribution in [1.82, 2.24) is 14.8 Å². The van der Waals surface area contributed by atoms with E-state index in [-0.39, 0.29) is 22.7 Å². The van der Waals surface area contributed by atoms with E-state index in [9.17, 15) is 13.6 Å². The SMILES string of the molecule is COc1ccc(NC(=O)c2cn(-c3ccccc3)nc2-c2cccnc2)cc1OC(F)F. The Bertz CT molecular complexity index is 1210. The van der Waals surface area contributed by atoms with Crippen molar-refractivity contribution in [2.75, 3.05) is 12.4 Å². The van der Waals surface area contributed by atoms with Crippen LogP contribution >= 0.6 is 0 Å². The molecule has 0 unspecified atom stereocenters. The number of nitrogens with one attached hydrogen (secondary N) is 1. The molecular weight excluding hydrogens is 418 g/mol. The molecule has 0 radical (unpaired) electrons. The molecule has 2 aromatic carbocycles. The van der Waals surface area contributed by atoms with Gasteiger partial charge in [-0.1, -0.05) is 18.2 Å². The van der Waals surface area contributed by atoms with Crippen LogP contribution < -0.4 is 14.8 Å². The van der Waals surface area contributed by atoms with Gasteiger partial charge < -0.3 is 14.8 Å². The van der Waals surface area contributed by atoms with E-state index >= 15 is 0 Å². The number of halogens is 2. The maximum Gasteiger partial charge on any atom is 0.387 e. The van der Waals surface area contributed by atoms with Crippen molar-refractivity contribution in [2.45, 2.75) is 6.61 Å². The minimum atomic E-state index is -3.03. The standard InChI is InChI=1S/C23H18F2N4O3/c1-31-19-10-9-16(12-20(19)32-23(24)25)27-22(30)18-14-29(17-7-3-2-4-8-17)28-21(18)15-6-5-11-26-13-15/h2-14,23H,1H3,(H,27,30). The molecule has 0 saturated carbocycles. The highest BCUT2D eigenvalue weighted by Crippen LogP contribution is 2.32. The van der Waals surface area contributed by atoms with Crippen LogP contribution in [0.4, 0.5) is 14.5 Å². The van der Waals surface area contributed by atoms with Gasteiger partial charge in [0, 0.05) is 35.9 Å². The lowest BCUT2D eigenvalue weighted by Gasteiger charge is -2.12. The zero-order chi connectivity index (χ0) is 22.5. The summed E-state index contributed by atoms with van der Waals surface area (Å²) in [7, 11) is 1.34. The van der Waals surface area contributed by atoms with Crippen LogP contribution in [0.2, 0.25) is 0 Å². The van der Waals surface area contributed by atoms with Crippen molar-refractivity contribution < 1.29 is 23.0 Å². The molecule has 0 aliphatic carbocycles. The van der Waals surface area contributed by atoms with Gasteiger partial charge >= 0.3 is 6.61 Å². The summed E-state index contributed by atoms with van der Waals surface area (Å²) in [5.74, 6) is -0.539. The second-order valence-electron chi connectivity index (χ2n) is 6.61. The van der Waals surface area contributed by atoms with E-state index in [1.54, 1.807) is 35.4 Å². The highest BCUT2D eigenvalue weighted by Gasteiger charge is 2.20. The third kappa shape index (κ3) is 4.56. The van der Waals surface area contributed by atoms with Crippen molar-refractivity contribution in [2.24, 2.45) is 0 Å². The number of methoxy groups -OCH3 is 1. The lowest BCUT2D eigenvalue weighted by molar-refractivity contribution is -0.0511. The predicted octanol–water partition coefficient (Wildman–Crippen LogP) is 4.80. The Hall–Kier alpha value is -4.27. The molecular formula is C23H18F2N4O3. The fraction of sp³-hybridized carbons (Fsp3) is 0.0870. The Morgan fingerprint density at radius 2 is 1.88 bits per heavy atom. The van der Waals surface area contributed by atoms with Crippen LogP contribution in [0.15, 0.2) is 79.3 Å². The lowest BCUT2D eigenvalue weighted by Crippen LogP contribution is -2.13. The molecule has 0 fully saturated rings. The first-order chi connectivity index (χ1) is 15.5. The molecule has 9 heteroatoms. The molecule has 1 N–H and O–H groups in total. The van der Waals surface area contributed by atoms with Crippen LogP contribution in [0.25, 0.3) is 16.9 Å². The molecule has 0 aliphatic rings. The van der Waals surface area contributed by atoms with E-state index in [0.717, 1.165) is 5.69 Å². The molecule has 1 amide bonds. The summed E-state index contributed by atoms with van der Waals surface area (Å²) in [5, 5.41) is 7.27. The number of nitrogens with zero attached hydrogens (tertiary/aromatic N) is 3. The topological polar surface area (TPSA) is 78.3 Å². The molecule has 32 heavy (non-hydrogen) atoms. The number of ether oxygens (including phenoxy) is 2. The van der Waals surface area contributed by atoms with Gasteiger partial charge in [0.25, 0.3) is 5.91 Å². The number of benzene rings is 2. The van der Waals surface area contributed by atoms with E-state index in [1.807, 2.05) is 30.3 Å². The molecule has 0 spiro atoms. The van der Waals surface area contributed by atoms with Gasteiger partial charge in [-0.2, -0.15) is 13.9 Å². The smallest absolute Gasteiger partial charge is 0.387 e. The van der Waals surface area contributed by atoms with Crippen molar-refractivity contribution in [3.8, 4) is 28.4 Å². The summed E-state index contributed by atoms with van der Waals surface area (Å²) in [6.45, 7) is -3.03. The Labute approximate surface area is 182 Å². The number of alkyl halides is 2. The minimum absolute atomic E-state index is 0.122. The van der Waals surface area contributed by atoms with Gasteiger partial charge in [0.2, 0.25) is 0 Å². The van der Waals surface area contributed by atoms with Gasteiger partial charge in [-0.05, 0) is 36.4 Å². The van der Waals surface area contributed by atoms with Crippen LogP contribution in [0.1, 0.15) is 10.4 Å². The number of carbonyl (C=O) groups excluding carboxylic acids is 1. The third-order valence-corrected chi connectivity index (χ3v) is 4.55. The van der Waals surface area contributed by atoms with Crippen molar-refractivity contribution in [3.63, 3.8) is 0 Å². The number of rotatable bonds is 7. The van der Waals surface area contributed by atoms with Gasteiger partial charge in [-0.15, -0.1) is 0 Å². The molecule has 4 aromatic rings. The monoisotopic (exact) mass is 436 g/mol. The highest BCUT2D eigenvalue weighted by molar-refractivity contribution is 6.08. The molecule has 0 bridgehead atoms. The van der Waals surface area contributed by atoms with Gasteiger partial charge in [0.1, 0.15) is 5.69 Å². The maximum atomic E-state index is 13.1. The number of hydrogen-bond acceptors (Lipinski definition) is 5. The number of pyridine rings is 1. The van der Waals surface area contributed by atoms with Gasteiger partial charge in [-0.3, -0.25) is 9.78 Å². The van der Waals surface area contributed by atoms with Crippen LogP contribution in [0.5, 0.6) is 11.5 Å². The summed E-state index contributed by atoms with van der Waals surface area (Å²) in [4.78, 5) is 17.2. The first-order valence-corrected chi connectivity index (χ1v) is 9.55. The number of amides is 1. The summed E-state index contributed by atoms with van der Waals surface area (Å²) in [6, 6.07) is 17.1. The van der Waals surface area contributed by atoms with Crippen LogP contribution in [-0.4, -0.2) is 34.4 Å². The molecule has 0 aliphatic heterocycles. The first kappa shape index (κ1) is 21.0. The predicted molar refractivity (Wildman–Crippen MR) is 114 cm³/mol. The molecule has 0 atom stereocenters. The maximum absolute atomic E-state index is 13.1. The van der Waals surface area contributed by atoms with Crippen LogP contribution in [-0.2, 0) is 0 Å². The fourth-order valence-corrected chi connectivity index (χ4v) is 3.11. The second kappa shape index (κ2) is 9.25. The zero-order valence-corrected chi connectivity index (χ0v) is 16.9. The molecule has 162 valence electrons. The van der Waals surface area contributed by atoms with E-state index in [2.05, 4.69) is 20.1 Å². The molecule has 0 saturated heterocycles. The molecule has 4 rings (SSSR count). The number of anilines is 1. The summed E-state index contributed by atoms with van der Waals surface area (Å²) < 4.78 is 36.5. The van der Waals surface area contributed by atoms with Crippen molar-refractivity contribution in [1.29, 1.82) is 0 Å². The third-order valence-electron chi connectivity index (χ3n) is 4.55. The van der Waals surface area contributed by atoms with Crippen molar-refractivity contribution in [3.05, 3.63) is 84.8 Å². The Kier molecular flexibility index (Phi) is 6.07. The number of carbonyl (C=O) groups is 1. The fourth-order valence-electron chi connectivity index (χ4n) is 3.11. The van der Waals surface area contributed by atoms with Crippen LogP contribution in [0, 0.1) is 0 Å². The van der Waals surface area contributed by atoms with Crippen LogP contribution in [0.3, 0.4) is 0 Å². The Morgan fingerprint density at radius 3 is 2.56 bits per heavy atom. The summed E-state index contributed by atoms with van der Waals surface area (Å²) in [6.07, 6.45) is 4.84. The minimum Gasteiger partial charge on any atom is -0.493 e. The lowest BCUT2D eigenvalue weighted by atomic mass is 10.1. The van der Waals surface area contributed by atoms with Gasteiger partial charge in [0.15, 0.2) is 11.5 Å². The second-order valence-corrected chi connectivity index (χ2v) is 6.61. The quantitative estimate of drug-likeness (QED) is 0.450. The van der Waals surface area contributed by atoms with E-state index in [4.69, 9.17) is 4.74 Å². The largest absolute Gasteiger partial charge is 0.493 e. The highest BCUT2D eigenvalue weighted by atomic mass is 19.3. The van der Waals surface area contributed by atoms with E-state index in [0.29, 0.717) is 11.3 Å². The van der Waals surface area contributed by atoms with Gasteiger partial charge in [0.05, 0.1) is 18.4 Å². The average molecular weight is 436 g/mol. The zero-order valence-electron chi connectivity index (χ0n) is 16.9. The number of aromatic nitrogens is 3. The van der Waals surface area contributed by atoms with E-state index < -0.39 is 12.5 Å². The Morgan fingerprint density at radius 1 is 1.06 bits per heavy atom. The molecule has 2 heterocycles. The van der Waals surface area contributed by atoms with E-state index in [1.165, 1.54) is 25.3 Å². The average Bonchev–Trinajstić information content (AvgIpc) is 3.26. The normalized spacial score (nSPS) is 10.8. The summed E-state index contributed by atoms with van der Waals surface area (Å²) in [5.41, 5.74) is 2.40. The number of hydrogen-bond donors (Lipinski definition) is 1. The molecule has 2 aromatic heterocycles. The number of para-hydroxylation sites is 1. The Balaban J connectivity index is 1.70. The van der Waals surface area contributed by atoms with Crippen molar-refractivity contribution >= 4 is 11.6 Å². The summed E-state index contributed by atoms with van der Waals surface area (Å²) >= 11 is 0.